The molecule has 0 unspecified atom stereocenters. The molecule has 0 aliphatic heterocycles. The van der Waals surface area contributed by atoms with Crippen LogP contribution in [0, 0.1) is 10.8 Å². The van der Waals surface area contributed by atoms with Gasteiger partial charge in [-0.3, -0.25) is 4.79 Å². The lowest BCUT2D eigenvalue weighted by molar-refractivity contribution is -0.134. The molecular weight excluding hydrogens is 288 g/mol. The first kappa shape index (κ1) is 16.1. The number of hydrogen-bond donors (Lipinski definition) is 2. The molecule has 2 rings (SSSR count). The first-order chi connectivity index (χ1) is 9.65. The maximum atomic E-state index is 12.1. The van der Waals surface area contributed by atoms with Gasteiger partial charge in [0.1, 0.15) is 5.75 Å². The third-order valence-corrected chi connectivity index (χ3v) is 4.83. The van der Waals surface area contributed by atoms with Gasteiger partial charge < -0.3 is 15.8 Å². The molecule has 0 atom stereocenters. The SMILES string of the molecule is CC1(C)C(N)C(C)(C)C1NC(=O)COc1ccc(Cl)cc1. The van der Waals surface area contributed by atoms with Crippen LogP contribution in [0.15, 0.2) is 24.3 Å². The number of amides is 1. The molecule has 1 aliphatic carbocycles. The predicted molar refractivity (Wildman–Crippen MR) is 84.4 cm³/mol. The monoisotopic (exact) mass is 310 g/mol. The van der Waals surface area contributed by atoms with E-state index >= 15 is 0 Å². The van der Waals surface area contributed by atoms with Crippen molar-refractivity contribution in [2.75, 3.05) is 6.61 Å². The Bertz CT molecular complexity index is 510. The second kappa shape index (κ2) is 5.50. The van der Waals surface area contributed by atoms with Crippen LogP contribution in [-0.2, 0) is 4.79 Å². The van der Waals surface area contributed by atoms with Crippen LogP contribution in [0.25, 0.3) is 0 Å². The van der Waals surface area contributed by atoms with E-state index in [0.717, 1.165) is 0 Å². The topological polar surface area (TPSA) is 64.3 Å². The molecule has 0 radical (unpaired) electrons. The molecule has 1 aromatic carbocycles. The lowest BCUT2D eigenvalue weighted by Gasteiger charge is -2.62. The van der Waals surface area contributed by atoms with E-state index in [1.54, 1.807) is 24.3 Å². The lowest BCUT2D eigenvalue weighted by Crippen LogP contribution is -2.76. The van der Waals surface area contributed by atoms with Gasteiger partial charge in [0.25, 0.3) is 5.91 Å². The number of rotatable bonds is 4. The van der Waals surface area contributed by atoms with Crippen molar-refractivity contribution in [2.45, 2.75) is 39.8 Å². The van der Waals surface area contributed by atoms with Crippen LogP contribution < -0.4 is 15.8 Å². The molecule has 1 fully saturated rings. The van der Waals surface area contributed by atoms with Crippen LogP contribution in [0.5, 0.6) is 5.75 Å². The van der Waals surface area contributed by atoms with E-state index in [2.05, 4.69) is 33.0 Å². The Morgan fingerprint density at radius 1 is 1.24 bits per heavy atom. The Labute approximate surface area is 131 Å². The first-order valence-electron chi connectivity index (χ1n) is 7.09. The van der Waals surface area contributed by atoms with Crippen molar-refractivity contribution < 1.29 is 9.53 Å². The lowest BCUT2D eigenvalue weighted by atomic mass is 9.48. The van der Waals surface area contributed by atoms with Gasteiger partial charge in [-0.15, -0.1) is 0 Å². The number of nitrogens with two attached hydrogens (primary N) is 1. The number of ether oxygens (including phenoxy) is 1. The summed E-state index contributed by atoms with van der Waals surface area (Å²) in [7, 11) is 0. The summed E-state index contributed by atoms with van der Waals surface area (Å²) in [5, 5.41) is 3.68. The minimum Gasteiger partial charge on any atom is -0.484 e. The standard InChI is InChI=1S/C16H23ClN2O2/c1-15(2)13(18)16(3,4)14(15)19-12(20)9-21-11-7-5-10(17)6-8-11/h5-8,13-14H,9,18H2,1-4H3,(H,19,20). The van der Waals surface area contributed by atoms with Crippen LogP contribution in [0.2, 0.25) is 5.02 Å². The van der Waals surface area contributed by atoms with Crippen molar-refractivity contribution in [3.63, 3.8) is 0 Å². The molecule has 1 saturated carbocycles. The van der Waals surface area contributed by atoms with Gasteiger partial charge in [0.05, 0.1) is 0 Å². The molecule has 0 heterocycles. The summed E-state index contributed by atoms with van der Waals surface area (Å²) in [4.78, 5) is 12.1. The van der Waals surface area contributed by atoms with E-state index in [1.165, 1.54) is 0 Å². The molecule has 1 amide bonds. The van der Waals surface area contributed by atoms with E-state index in [4.69, 9.17) is 22.1 Å². The highest BCUT2D eigenvalue weighted by Gasteiger charge is 2.60. The van der Waals surface area contributed by atoms with Gasteiger partial charge in [-0.2, -0.15) is 0 Å². The van der Waals surface area contributed by atoms with Crippen LogP contribution in [-0.4, -0.2) is 24.6 Å². The van der Waals surface area contributed by atoms with Crippen molar-refractivity contribution >= 4 is 17.5 Å². The van der Waals surface area contributed by atoms with Gasteiger partial charge in [0.15, 0.2) is 6.61 Å². The summed E-state index contributed by atoms with van der Waals surface area (Å²) in [6.45, 7) is 8.29. The number of nitrogens with one attached hydrogen (secondary N) is 1. The van der Waals surface area contributed by atoms with Gasteiger partial charge in [0, 0.05) is 27.9 Å². The molecule has 0 saturated heterocycles. The summed E-state index contributed by atoms with van der Waals surface area (Å²) in [6.07, 6.45) is 0. The Balaban J connectivity index is 1.89. The number of carbonyl (C=O) groups excluding carboxylic acids is 1. The second-order valence-corrected chi connectivity index (χ2v) is 7.30. The van der Waals surface area contributed by atoms with E-state index in [9.17, 15) is 4.79 Å². The Morgan fingerprint density at radius 2 is 1.76 bits per heavy atom. The summed E-state index contributed by atoms with van der Waals surface area (Å²) >= 11 is 5.80. The van der Waals surface area contributed by atoms with Crippen molar-refractivity contribution in [3.8, 4) is 5.75 Å². The molecule has 3 N–H and O–H groups in total. The van der Waals surface area contributed by atoms with Crippen LogP contribution in [0.1, 0.15) is 27.7 Å². The second-order valence-electron chi connectivity index (χ2n) is 6.86. The highest BCUT2D eigenvalue weighted by molar-refractivity contribution is 6.30. The fourth-order valence-electron chi connectivity index (χ4n) is 3.43. The molecule has 4 nitrogen and oxygen atoms in total. The predicted octanol–water partition coefficient (Wildman–Crippen LogP) is 2.60. The molecule has 0 bridgehead atoms. The highest BCUT2D eigenvalue weighted by Crippen LogP contribution is 2.52. The zero-order valence-corrected chi connectivity index (χ0v) is 13.7. The molecule has 1 aromatic rings. The van der Waals surface area contributed by atoms with E-state index in [-0.39, 0.29) is 35.4 Å². The smallest absolute Gasteiger partial charge is 0.258 e. The van der Waals surface area contributed by atoms with Gasteiger partial charge in [-0.05, 0) is 24.3 Å². The van der Waals surface area contributed by atoms with Crippen LogP contribution in [0.4, 0.5) is 0 Å². The maximum Gasteiger partial charge on any atom is 0.258 e. The van der Waals surface area contributed by atoms with E-state index in [1.807, 2.05) is 0 Å². The summed E-state index contributed by atoms with van der Waals surface area (Å²) in [5.41, 5.74) is 5.96. The minimum atomic E-state index is -0.136. The molecule has 5 heteroatoms. The Kier molecular flexibility index (Phi) is 4.22. The maximum absolute atomic E-state index is 12.1. The average Bonchev–Trinajstić information content (AvgIpc) is 2.43. The molecular formula is C16H23ClN2O2. The molecule has 0 aromatic heterocycles. The number of carbonyl (C=O) groups is 1. The molecule has 21 heavy (non-hydrogen) atoms. The fraction of sp³-hybridized carbons (Fsp3) is 0.562. The summed E-state index contributed by atoms with van der Waals surface area (Å²) in [6, 6.07) is 7.04. The van der Waals surface area contributed by atoms with Crippen LogP contribution in [0.3, 0.4) is 0 Å². The van der Waals surface area contributed by atoms with Gasteiger partial charge in [-0.25, -0.2) is 0 Å². The third-order valence-electron chi connectivity index (χ3n) is 4.58. The van der Waals surface area contributed by atoms with Crippen molar-refractivity contribution in [2.24, 2.45) is 16.6 Å². The van der Waals surface area contributed by atoms with Gasteiger partial charge >= 0.3 is 0 Å². The molecule has 116 valence electrons. The van der Waals surface area contributed by atoms with Crippen LogP contribution >= 0.6 is 11.6 Å². The summed E-state index contributed by atoms with van der Waals surface area (Å²) < 4.78 is 5.45. The minimum absolute atomic E-state index is 0.0144. The summed E-state index contributed by atoms with van der Waals surface area (Å²) in [5.74, 6) is 0.487. The third kappa shape index (κ3) is 3.01. The zero-order valence-electron chi connectivity index (χ0n) is 12.9. The Hall–Kier alpha value is -1.26. The number of hydrogen-bond acceptors (Lipinski definition) is 3. The average molecular weight is 311 g/mol. The Morgan fingerprint density at radius 3 is 2.29 bits per heavy atom. The molecule has 0 spiro atoms. The van der Waals surface area contributed by atoms with Crippen molar-refractivity contribution in [1.29, 1.82) is 0 Å². The number of halogens is 1. The van der Waals surface area contributed by atoms with E-state index in [0.29, 0.717) is 10.8 Å². The first-order valence-corrected chi connectivity index (χ1v) is 7.47. The van der Waals surface area contributed by atoms with E-state index < -0.39 is 0 Å². The normalized spacial score (nSPS) is 25.8. The number of benzene rings is 1. The highest BCUT2D eigenvalue weighted by atomic mass is 35.5. The van der Waals surface area contributed by atoms with Crippen molar-refractivity contribution in [3.05, 3.63) is 29.3 Å². The van der Waals surface area contributed by atoms with Crippen molar-refractivity contribution in [1.82, 2.24) is 5.32 Å². The largest absolute Gasteiger partial charge is 0.484 e. The molecule has 1 aliphatic rings. The fourth-order valence-corrected chi connectivity index (χ4v) is 3.56. The zero-order chi connectivity index (χ0) is 15.8. The quantitative estimate of drug-likeness (QED) is 0.898. The van der Waals surface area contributed by atoms with Gasteiger partial charge in [-0.1, -0.05) is 39.3 Å². The van der Waals surface area contributed by atoms with Gasteiger partial charge in [0.2, 0.25) is 0 Å².